The molecular formula is C18H26N2O. The van der Waals surface area contributed by atoms with Gasteiger partial charge in [-0.1, -0.05) is 43.7 Å². The van der Waals surface area contributed by atoms with Crippen molar-refractivity contribution in [1.29, 1.82) is 0 Å². The molecule has 1 aromatic rings. The number of hydrogen-bond donors (Lipinski definition) is 2. The number of nitrogens with one attached hydrogen (secondary N) is 2. The SMILES string of the molecule is CC1(CNC(=O)C2(c3ccccc3)CCC2)CCNCC1. The highest BCUT2D eigenvalue weighted by Gasteiger charge is 2.45. The molecular weight excluding hydrogens is 260 g/mol. The Morgan fingerprint density at radius 1 is 1.14 bits per heavy atom. The topological polar surface area (TPSA) is 41.1 Å². The van der Waals surface area contributed by atoms with Crippen molar-refractivity contribution in [3.63, 3.8) is 0 Å². The molecule has 1 amide bonds. The molecule has 0 unspecified atom stereocenters. The lowest BCUT2D eigenvalue weighted by Gasteiger charge is -2.42. The van der Waals surface area contributed by atoms with Crippen LogP contribution in [0.25, 0.3) is 0 Å². The summed E-state index contributed by atoms with van der Waals surface area (Å²) in [6.45, 7) is 5.23. The summed E-state index contributed by atoms with van der Waals surface area (Å²) in [6, 6.07) is 10.3. The van der Waals surface area contributed by atoms with Crippen LogP contribution in [0.4, 0.5) is 0 Å². The molecule has 1 aliphatic carbocycles. The molecule has 0 spiro atoms. The molecule has 2 aliphatic rings. The maximum atomic E-state index is 12.8. The number of benzene rings is 1. The van der Waals surface area contributed by atoms with Gasteiger partial charge in [0.25, 0.3) is 0 Å². The third kappa shape index (κ3) is 2.84. The van der Waals surface area contributed by atoms with Crippen LogP contribution >= 0.6 is 0 Å². The first kappa shape index (κ1) is 14.6. The lowest BCUT2D eigenvalue weighted by molar-refractivity contribution is -0.130. The first-order valence-electron chi connectivity index (χ1n) is 8.19. The van der Waals surface area contributed by atoms with Crippen LogP contribution in [0.3, 0.4) is 0 Å². The van der Waals surface area contributed by atoms with Gasteiger partial charge in [-0.05, 0) is 49.8 Å². The first-order chi connectivity index (χ1) is 10.1. The minimum atomic E-state index is -0.259. The van der Waals surface area contributed by atoms with E-state index in [4.69, 9.17) is 0 Å². The van der Waals surface area contributed by atoms with E-state index in [0.29, 0.717) is 0 Å². The first-order valence-corrected chi connectivity index (χ1v) is 8.19. The maximum Gasteiger partial charge on any atom is 0.230 e. The van der Waals surface area contributed by atoms with E-state index in [1.807, 2.05) is 18.2 Å². The zero-order valence-corrected chi connectivity index (χ0v) is 13.0. The minimum absolute atomic E-state index is 0.236. The van der Waals surface area contributed by atoms with Crippen LogP contribution < -0.4 is 10.6 Å². The zero-order chi connectivity index (χ0) is 14.8. The quantitative estimate of drug-likeness (QED) is 0.893. The molecule has 21 heavy (non-hydrogen) atoms. The van der Waals surface area contributed by atoms with Crippen LogP contribution in [-0.2, 0) is 10.2 Å². The molecule has 3 heteroatoms. The van der Waals surface area contributed by atoms with Crippen molar-refractivity contribution >= 4 is 5.91 Å². The Morgan fingerprint density at radius 2 is 1.81 bits per heavy atom. The number of carbonyl (C=O) groups excluding carboxylic acids is 1. The van der Waals surface area contributed by atoms with Gasteiger partial charge in [-0.3, -0.25) is 4.79 Å². The number of piperidine rings is 1. The predicted octanol–water partition coefficient (Wildman–Crippen LogP) is 2.61. The fourth-order valence-electron chi connectivity index (χ4n) is 3.60. The summed E-state index contributed by atoms with van der Waals surface area (Å²) in [6.07, 6.45) is 5.42. The van der Waals surface area contributed by atoms with Gasteiger partial charge in [0, 0.05) is 6.54 Å². The monoisotopic (exact) mass is 286 g/mol. The van der Waals surface area contributed by atoms with Gasteiger partial charge < -0.3 is 10.6 Å². The Hall–Kier alpha value is -1.35. The molecule has 1 aromatic carbocycles. The van der Waals surface area contributed by atoms with E-state index in [9.17, 15) is 4.79 Å². The maximum absolute atomic E-state index is 12.8. The summed E-state index contributed by atoms with van der Waals surface area (Å²) in [5, 5.41) is 6.66. The molecule has 0 atom stereocenters. The molecule has 0 aromatic heterocycles. The van der Waals surface area contributed by atoms with Gasteiger partial charge in [0.15, 0.2) is 0 Å². The Balaban J connectivity index is 1.66. The second-order valence-electron chi connectivity index (χ2n) is 7.05. The van der Waals surface area contributed by atoms with Crippen LogP contribution in [-0.4, -0.2) is 25.5 Å². The molecule has 1 saturated carbocycles. The highest BCUT2D eigenvalue weighted by Crippen LogP contribution is 2.44. The average Bonchev–Trinajstić information content (AvgIpc) is 2.46. The Bertz CT molecular complexity index is 487. The van der Waals surface area contributed by atoms with Crippen LogP contribution in [0.1, 0.15) is 44.6 Å². The van der Waals surface area contributed by atoms with Gasteiger partial charge in [0.2, 0.25) is 5.91 Å². The molecule has 1 saturated heterocycles. The fraction of sp³-hybridized carbons (Fsp3) is 0.611. The van der Waals surface area contributed by atoms with Crippen molar-refractivity contribution in [3.05, 3.63) is 35.9 Å². The van der Waals surface area contributed by atoms with Crippen LogP contribution in [0.5, 0.6) is 0 Å². The van der Waals surface area contributed by atoms with Crippen molar-refractivity contribution in [2.75, 3.05) is 19.6 Å². The van der Waals surface area contributed by atoms with E-state index in [1.54, 1.807) is 0 Å². The molecule has 0 radical (unpaired) electrons. The Labute approximate surface area is 127 Å². The Morgan fingerprint density at radius 3 is 2.38 bits per heavy atom. The molecule has 2 N–H and O–H groups in total. The molecule has 0 bridgehead atoms. The summed E-state index contributed by atoms with van der Waals surface area (Å²) in [4.78, 5) is 12.8. The van der Waals surface area contributed by atoms with E-state index < -0.39 is 0 Å². The summed E-state index contributed by atoms with van der Waals surface area (Å²) in [5.41, 5.74) is 1.18. The molecule has 3 nitrogen and oxygen atoms in total. The average molecular weight is 286 g/mol. The van der Waals surface area contributed by atoms with Gasteiger partial charge >= 0.3 is 0 Å². The van der Waals surface area contributed by atoms with Gasteiger partial charge in [0.1, 0.15) is 0 Å². The van der Waals surface area contributed by atoms with Crippen LogP contribution in [0.15, 0.2) is 30.3 Å². The van der Waals surface area contributed by atoms with Crippen molar-refractivity contribution in [2.45, 2.75) is 44.4 Å². The lowest BCUT2D eigenvalue weighted by Crippen LogP contribution is -2.52. The largest absolute Gasteiger partial charge is 0.355 e. The van der Waals surface area contributed by atoms with Gasteiger partial charge in [-0.2, -0.15) is 0 Å². The van der Waals surface area contributed by atoms with Crippen molar-refractivity contribution in [1.82, 2.24) is 10.6 Å². The van der Waals surface area contributed by atoms with E-state index in [2.05, 4.69) is 29.7 Å². The van der Waals surface area contributed by atoms with Crippen LogP contribution in [0, 0.1) is 5.41 Å². The second-order valence-corrected chi connectivity index (χ2v) is 7.05. The molecule has 3 rings (SSSR count). The number of rotatable bonds is 4. The van der Waals surface area contributed by atoms with E-state index >= 15 is 0 Å². The number of hydrogen-bond acceptors (Lipinski definition) is 2. The van der Waals surface area contributed by atoms with Crippen molar-refractivity contribution < 1.29 is 4.79 Å². The van der Waals surface area contributed by atoms with E-state index in [1.165, 1.54) is 5.56 Å². The second kappa shape index (κ2) is 5.80. The zero-order valence-electron chi connectivity index (χ0n) is 13.0. The van der Waals surface area contributed by atoms with Crippen LogP contribution in [0.2, 0.25) is 0 Å². The standard InChI is InChI=1S/C18H26N2O/c1-17(10-12-19-13-11-17)14-20-16(21)18(8-5-9-18)15-6-3-2-4-7-15/h2-4,6-7,19H,5,8-14H2,1H3,(H,20,21). The Kier molecular flexibility index (Phi) is 4.03. The van der Waals surface area contributed by atoms with Gasteiger partial charge in [0.05, 0.1) is 5.41 Å². The summed E-state index contributed by atoms with van der Waals surface area (Å²) in [7, 11) is 0. The van der Waals surface area contributed by atoms with Crippen molar-refractivity contribution in [2.24, 2.45) is 5.41 Å². The number of amides is 1. The predicted molar refractivity (Wildman–Crippen MR) is 85.2 cm³/mol. The third-order valence-electron chi connectivity index (χ3n) is 5.45. The summed E-state index contributed by atoms with van der Waals surface area (Å²) >= 11 is 0. The fourth-order valence-corrected chi connectivity index (χ4v) is 3.60. The summed E-state index contributed by atoms with van der Waals surface area (Å²) in [5.74, 6) is 0.236. The smallest absolute Gasteiger partial charge is 0.230 e. The molecule has 1 aliphatic heterocycles. The number of carbonyl (C=O) groups is 1. The third-order valence-corrected chi connectivity index (χ3v) is 5.45. The molecule has 114 valence electrons. The lowest BCUT2D eigenvalue weighted by atomic mass is 9.63. The van der Waals surface area contributed by atoms with E-state index in [-0.39, 0.29) is 16.7 Å². The highest BCUT2D eigenvalue weighted by molar-refractivity contribution is 5.89. The van der Waals surface area contributed by atoms with E-state index in [0.717, 1.165) is 51.7 Å². The minimum Gasteiger partial charge on any atom is -0.355 e. The normalized spacial score (nSPS) is 23.1. The highest BCUT2D eigenvalue weighted by atomic mass is 16.2. The van der Waals surface area contributed by atoms with Gasteiger partial charge in [-0.25, -0.2) is 0 Å². The molecule has 1 heterocycles. The molecule has 2 fully saturated rings. The van der Waals surface area contributed by atoms with Gasteiger partial charge in [-0.15, -0.1) is 0 Å². The van der Waals surface area contributed by atoms with Crippen molar-refractivity contribution in [3.8, 4) is 0 Å². The summed E-state index contributed by atoms with van der Waals surface area (Å²) < 4.78 is 0.